The second-order valence-corrected chi connectivity index (χ2v) is 22.8. The summed E-state index contributed by atoms with van der Waals surface area (Å²) in [6.45, 7) is 15.9. The summed E-state index contributed by atoms with van der Waals surface area (Å²) < 4.78 is 63.9. The van der Waals surface area contributed by atoms with Gasteiger partial charge < -0.3 is 48.4 Å². The van der Waals surface area contributed by atoms with E-state index in [2.05, 4.69) is 49.7 Å². The molecule has 0 bridgehead atoms. The second kappa shape index (κ2) is 26.0. The number of pyridine rings is 6. The Balaban J connectivity index is 0.000000138. The lowest BCUT2D eigenvalue weighted by Crippen LogP contribution is -2.42. The molecule has 0 radical (unpaired) electrons. The third-order valence-electron chi connectivity index (χ3n) is 15.4. The molecule has 3 aliphatic rings. The van der Waals surface area contributed by atoms with E-state index in [0.29, 0.717) is 63.4 Å². The van der Waals surface area contributed by atoms with Crippen molar-refractivity contribution in [1.82, 2.24) is 49.7 Å². The van der Waals surface area contributed by atoms with Crippen LogP contribution in [0.5, 0.6) is 11.5 Å². The van der Waals surface area contributed by atoms with Crippen LogP contribution in [0.25, 0.3) is 77.5 Å². The topological polar surface area (TPSA) is 211 Å². The van der Waals surface area contributed by atoms with Crippen LogP contribution in [0.15, 0.2) is 135 Å². The molecule has 2 atom stereocenters. The van der Waals surface area contributed by atoms with Crippen molar-refractivity contribution in [2.45, 2.75) is 51.1 Å². The normalized spacial score (nSPS) is 16.9. The van der Waals surface area contributed by atoms with Gasteiger partial charge in [-0.15, -0.1) is 0 Å². The van der Waals surface area contributed by atoms with Crippen LogP contribution in [0.2, 0.25) is 0 Å². The molecule has 434 valence electrons. The number of nitrogens with zero attached hydrogens (tertiary/aromatic N) is 8. The Bertz CT molecular complexity index is 3820. The molecule has 8 aromatic heterocycles. The van der Waals surface area contributed by atoms with Crippen LogP contribution < -0.4 is 14.9 Å². The maximum absolute atomic E-state index is 15.2. The minimum absolute atomic E-state index is 0.178. The van der Waals surface area contributed by atoms with E-state index in [9.17, 15) is 14.6 Å². The summed E-state index contributed by atoms with van der Waals surface area (Å²) in [7, 11) is -0.374. The van der Waals surface area contributed by atoms with Gasteiger partial charge >= 0.3 is 7.12 Å². The molecule has 22 heteroatoms. The van der Waals surface area contributed by atoms with E-state index in [1.54, 1.807) is 49.3 Å². The van der Waals surface area contributed by atoms with Crippen LogP contribution in [-0.4, -0.2) is 169 Å². The van der Waals surface area contributed by atoms with Gasteiger partial charge in [0.15, 0.2) is 5.82 Å². The van der Waals surface area contributed by atoms with E-state index in [-0.39, 0.29) is 37.4 Å². The standard InChI is InChI=1S/C28H26FN5O3.C19H30BNO5.C15H8FIN4/c29-23-14-32-28-27(22-12-24(31-15-25(22)33-28)19-2-1-7-30-13-19)26(23)18-3-5-21(6-4-18)37-17-20(35)16-34-8-10-36-11-9-34;1-18(2)19(3,4)26-20(25-18)15-5-7-17(8-6-15)24-14-16(22)13-21-9-11-23-12-10-21;16-10-6-20-15-13(14(10)17)9-4-11(19-7-12(9)21-15)8-2-1-3-18-5-8/h1-7,12-15,20,35H,8-11,16-17H2,(H,32,33);5-8,16,22H,9-14H2,1-4H3;1-7H,(H,20,21). The number of hydrogen-bond donors (Lipinski definition) is 4. The smallest absolute Gasteiger partial charge is 0.491 e. The number of β-amino-alcohol motifs (C(OH)–C–C–N with tert-alkyl or cyclic N) is 2. The summed E-state index contributed by atoms with van der Waals surface area (Å²) in [6.07, 6.45) is 11.8. The average Bonchev–Trinajstić information content (AvgIpc) is 2.28. The summed E-state index contributed by atoms with van der Waals surface area (Å²) in [4.78, 5) is 36.4. The lowest BCUT2D eigenvalue weighted by atomic mass is 9.79. The summed E-state index contributed by atoms with van der Waals surface area (Å²) in [6, 6.07) is 26.4. The Kier molecular flexibility index (Phi) is 18.2. The molecule has 0 saturated carbocycles. The number of fused-ring (bicyclic) bond motifs is 6. The fourth-order valence-electron chi connectivity index (χ4n) is 10.1. The Hall–Kier alpha value is -7.13. The number of hydrogen-bond acceptors (Lipinski definition) is 16. The summed E-state index contributed by atoms with van der Waals surface area (Å²) >= 11 is 2.01. The Morgan fingerprint density at radius 2 is 1.06 bits per heavy atom. The zero-order chi connectivity index (χ0) is 58.4. The lowest BCUT2D eigenvalue weighted by molar-refractivity contribution is 0.00452. The maximum Gasteiger partial charge on any atom is 0.494 e. The highest BCUT2D eigenvalue weighted by atomic mass is 127. The number of H-pyrrole nitrogens is 2. The van der Waals surface area contributed by atoms with Crippen LogP contribution in [-0.2, 0) is 18.8 Å². The molecular formula is C62H64BF2IN10O8. The van der Waals surface area contributed by atoms with E-state index >= 15 is 4.39 Å². The first-order valence-electron chi connectivity index (χ1n) is 27.8. The van der Waals surface area contributed by atoms with E-state index < -0.39 is 18.0 Å². The Labute approximate surface area is 498 Å². The van der Waals surface area contributed by atoms with Crippen LogP contribution in [0, 0.1) is 15.2 Å². The largest absolute Gasteiger partial charge is 0.494 e. The molecule has 0 aliphatic carbocycles. The van der Waals surface area contributed by atoms with Gasteiger partial charge in [0.25, 0.3) is 0 Å². The number of rotatable bonds is 14. The fraction of sp³-hybridized carbons (Fsp3) is 0.323. The number of ether oxygens (including phenoxy) is 4. The predicted octanol–water partition coefficient (Wildman–Crippen LogP) is 9.03. The monoisotopic (exact) mass is 1250 g/mol. The number of aliphatic hydroxyl groups is 2. The first kappa shape index (κ1) is 58.6. The van der Waals surface area contributed by atoms with Gasteiger partial charge in [0.05, 0.1) is 88.4 Å². The van der Waals surface area contributed by atoms with Crippen molar-refractivity contribution in [3.05, 3.63) is 150 Å². The van der Waals surface area contributed by atoms with Crippen molar-refractivity contribution in [1.29, 1.82) is 0 Å². The zero-order valence-corrected chi connectivity index (χ0v) is 49.1. The van der Waals surface area contributed by atoms with Gasteiger partial charge in [0.1, 0.15) is 54.0 Å². The van der Waals surface area contributed by atoms with Crippen molar-refractivity contribution in [3.63, 3.8) is 0 Å². The van der Waals surface area contributed by atoms with Gasteiger partial charge in [0, 0.05) is 102 Å². The first-order valence-corrected chi connectivity index (χ1v) is 28.9. The first-order chi connectivity index (χ1) is 40.7. The van der Waals surface area contributed by atoms with Crippen molar-refractivity contribution < 1.29 is 47.3 Å². The number of nitrogens with one attached hydrogen (secondary N) is 2. The lowest BCUT2D eigenvalue weighted by Gasteiger charge is -2.32. The molecule has 13 rings (SSSR count). The van der Waals surface area contributed by atoms with Gasteiger partial charge in [-0.1, -0.05) is 24.3 Å². The minimum Gasteiger partial charge on any atom is -0.491 e. The van der Waals surface area contributed by atoms with Gasteiger partial charge in [-0.3, -0.25) is 29.7 Å². The molecule has 2 unspecified atom stereocenters. The van der Waals surface area contributed by atoms with Gasteiger partial charge in [-0.25, -0.2) is 18.7 Å². The van der Waals surface area contributed by atoms with Gasteiger partial charge in [-0.2, -0.15) is 0 Å². The highest BCUT2D eigenvalue weighted by Gasteiger charge is 2.51. The minimum atomic E-state index is -0.608. The molecule has 3 fully saturated rings. The maximum atomic E-state index is 15.2. The van der Waals surface area contributed by atoms with E-state index in [0.717, 1.165) is 100 Å². The third-order valence-corrected chi connectivity index (χ3v) is 16.4. The van der Waals surface area contributed by atoms with E-state index in [4.69, 9.17) is 28.3 Å². The van der Waals surface area contributed by atoms with Crippen LogP contribution in [0.1, 0.15) is 27.7 Å². The zero-order valence-electron chi connectivity index (χ0n) is 47.0. The quantitative estimate of drug-likeness (QED) is 0.0591. The molecule has 3 aliphatic heterocycles. The average molecular weight is 1250 g/mol. The number of aromatic nitrogens is 8. The SMILES string of the molecule is CC1(C)OB(c2ccc(OCC(O)CN3CCOCC3)cc2)OC1(C)C.Fc1cnc2[nH]c3cnc(-c4cccnc4)cc3c2c1I.OC(COc1ccc(-c2c(F)cnc3[nH]c4cnc(-c5cccnc5)cc4c23)cc1)CN1CCOCC1. The van der Waals surface area contributed by atoms with E-state index in [1.165, 1.54) is 12.4 Å². The van der Waals surface area contributed by atoms with Crippen molar-refractivity contribution in [3.8, 4) is 45.1 Å². The fourth-order valence-corrected chi connectivity index (χ4v) is 10.8. The van der Waals surface area contributed by atoms with Gasteiger partial charge in [-0.05, 0) is 122 Å². The highest BCUT2D eigenvalue weighted by Crippen LogP contribution is 2.39. The number of morpholine rings is 2. The number of aromatic amines is 2. The number of halogens is 3. The molecule has 84 heavy (non-hydrogen) atoms. The van der Waals surface area contributed by atoms with Crippen LogP contribution in [0.3, 0.4) is 0 Å². The molecule has 3 saturated heterocycles. The van der Waals surface area contributed by atoms with Crippen LogP contribution in [0.4, 0.5) is 8.78 Å². The number of benzene rings is 2. The molecule has 10 aromatic rings. The Morgan fingerprint density at radius 3 is 1.55 bits per heavy atom. The summed E-state index contributed by atoms with van der Waals surface area (Å²) in [5.74, 6) is 0.607. The van der Waals surface area contributed by atoms with Crippen molar-refractivity contribution >= 4 is 79.0 Å². The summed E-state index contributed by atoms with van der Waals surface area (Å²) in [5.41, 5.74) is 7.64. The predicted molar refractivity (Wildman–Crippen MR) is 327 cm³/mol. The van der Waals surface area contributed by atoms with Crippen molar-refractivity contribution in [2.24, 2.45) is 0 Å². The van der Waals surface area contributed by atoms with E-state index in [1.807, 2.05) is 123 Å². The van der Waals surface area contributed by atoms with Crippen molar-refractivity contribution in [2.75, 3.05) is 78.9 Å². The number of aliphatic hydroxyl groups excluding tert-OH is 2. The molecule has 18 nitrogen and oxygen atoms in total. The highest BCUT2D eigenvalue weighted by molar-refractivity contribution is 14.1. The molecule has 2 aromatic carbocycles. The molecule has 11 heterocycles. The Morgan fingerprint density at radius 1 is 0.595 bits per heavy atom. The second-order valence-electron chi connectivity index (χ2n) is 21.7. The molecular weight excluding hydrogens is 1190 g/mol. The molecule has 0 spiro atoms. The third kappa shape index (κ3) is 13.5. The van der Waals surface area contributed by atoms with Crippen LogP contribution >= 0.6 is 22.6 Å². The molecule has 0 amide bonds. The summed E-state index contributed by atoms with van der Waals surface area (Å²) in [5, 5.41) is 23.7. The molecule has 4 N–H and O–H groups in total. The van der Waals surface area contributed by atoms with Gasteiger partial charge in [0.2, 0.25) is 0 Å².